The smallest absolute Gasteiger partial charge is 0.410 e. The Morgan fingerprint density at radius 2 is 1.90 bits per heavy atom. The van der Waals surface area contributed by atoms with Crippen LogP contribution in [-0.4, -0.2) is 34.6 Å². The lowest BCUT2D eigenvalue weighted by Gasteiger charge is -2.30. The normalized spacial score (nSPS) is 14.1. The number of carbonyl (C=O) groups excluding carboxylic acids is 1. The van der Waals surface area contributed by atoms with Crippen LogP contribution in [-0.2, 0) is 11.3 Å². The first kappa shape index (κ1) is 21.4. The second-order valence-corrected chi connectivity index (χ2v) is 8.12. The predicted molar refractivity (Wildman–Crippen MR) is 114 cm³/mol. The van der Waals surface area contributed by atoms with E-state index >= 15 is 0 Å². The highest BCUT2D eigenvalue weighted by atomic mass is 16.6. The highest BCUT2D eigenvalue weighted by molar-refractivity contribution is 5.75. The van der Waals surface area contributed by atoms with Gasteiger partial charge in [0.05, 0.1) is 11.0 Å². The molecule has 30 heavy (non-hydrogen) atoms. The molecule has 0 saturated carbocycles. The monoisotopic (exact) mass is 410 g/mol. The average Bonchev–Trinajstić information content (AvgIpc) is 2.71. The molecule has 0 radical (unpaired) electrons. The van der Waals surface area contributed by atoms with Crippen LogP contribution in [0.2, 0.25) is 0 Å². The Kier molecular flexibility index (Phi) is 6.40. The maximum atomic E-state index is 12.3. The molecule has 0 spiro atoms. The first-order chi connectivity index (χ1) is 14.2. The molecule has 3 rings (SSSR count). The van der Waals surface area contributed by atoms with Gasteiger partial charge in [0.25, 0.3) is 5.69 Å². The summed E-state index contributed by atoms with van der Waals surface area (Å²) in [6.45, 7) is 6.75. The van der Waals surface area contributed by atoms with E-state index in [-0.39, 0.29) is 11.8 Å². The number of nitro benzene ring substituents is 1. The van der Waals surface area contributed by atoms with Crippen molar-refractivity contribution in [2.45, 2.75) is 39.4 Å². The lowest BCUT2D eigenvalue weighted by atomic mass is 9.98. The van der Waals surface area contributed by atoms with Crippen LogP contribution in [0.15, 0.2) is 54.6 Å². The summed E-state index contributed by atoms with van der Waals surface area (Å²) in [6.07, 6.45) is 2.21. The summed E-state index contributed by atoms with van der Waals surface area (Å²) in [6, 6.07) is 14.3. The number of benzene rings is 2. The van der Waals surface area contributed by atoms with Gasteiger partial charge < -0.3 is 14.4 Å². The van der Waals surface area contributed by atoms with Gasteiger partial charge in [-0.25, -0.2) is 4.79 Å². The fourth-order valence-corrected chi connectivity index (χ4v) is 3.15. The molecule has 158 valence electrons. The molecule has 1 amide bonds. The van der Waals surface area contributed by atoms with Crippen molar-refractivity contribution in [1.82, 2.24) is 4.90 Å². The fraction of sp³-hybridized carbons (Fsp3) is 0.348. The van der Waals surface area contributed by atoms with Crippen molar-refractivity contribution in [3.8, 4) is 5.75 Å². The van der Waals surface area contributed by atoms with Crippen LogP contribution in [0.5, 0.6) is 5.75 Å². The van der Waals surface area contributed by atoms with Crippen molar-refractivity contribution < 1.29 is 19.2 Å². The van der Waals surface area contributed by atoms with E-state index in [9.17, 15) is 14.9 Å². The summed E-state index contributed by atoms with van der Waals surface area (Å²) in [5.41, 5.74) is 2.21. The number of ether oxygens (including phenoxy) is 2. The number of nitrogens with zero attached hydrogens (tertiary/aromatic N) is 2. The number of amides is 1. The van der Waals surface area contributed by atoms with Crippen LogP contribution in [0.25, 0.3) is 5.57 Å². The quantitative estimate of drug-likeness (QED) is 0.500. The number of hydrogen-bond acceptors (Lipinski definition) is 5. The molecule has 7 heteroatoms. The van der Waals surface area contributed by atoms with Crippen molar-refractivity contribution >= 4 is 17.4 Å². The number of carbonyl (C=O) groups is 1. The molecule has 2 aromatic carbocycles. The Morgan fingerprint density at radius 1 is 1.17 bits per heavy atom. The van der Waals surface area contributed by atoms with Crippen molar-refractivity contribution in [3.05, 3.63) is 75.8 Å². The van der Waals surface area contributed by atoms with E-state index in [4.69, 9.17) is 9.47 Å². The summed E-state index contributed by atoms with van der Waals surface area (Å²) in [4.78, 5) is 24.7. The van der Waals surface area contributed by atoms with E-state index in [1.165, 1.54) is 12.1 Å². The van der Waals surface area contributed by atoms with Crippen LogP contribution in [0.1, 0.15) is 38.3 Å². The standard InChI is InChI=1S/C23H26N2O5/c1-23(2,3)30-22(26)24-13-11-18(12-14-24)20-10-9-19(25(27)28)15-21(20)29-16-17-7-5-4-6-8-17/h4-11,15H,12-14,16H2,1-3H3. The summed E-state index contributed by atoms with van der Waals surface area (Å²) in [7, 11) is 0. The lowest BCUT2D eigenvalue weighted by molar-refractivity contribution is -0.384. The molecular weight excluding hydrogens is 384 g/mol. The summed E-state index contributed by atoms with van der Waals surface area (Å²) >= 11 is 0. The van der Waals surface area contributed by atoms with Gasteiger partial charge in [-0.05, 0) is 44.4 Å². The van der Waals surface area contributed by atoms with Gasteiger partial charge in [-0.3, -0.25) is 10.1 Å². The van der Waals surface area contributed by atoms with E-state index in [0.717, 1.165) is 16.7 Å². The largest absolute Gasteiger partial charge is 0.488 e. The average molecular weight is 410 g/mol. The lowest BCUT2D eigenvalue weighted by Crippen LogP contribution is -2.39. The van der Waals surface area contributed by atoms with E-state index in [2.05, 4.69) is 0 Å². The zero-order valence-electron chi connectivity index (χ0n) is 17.5. The SMILES string of the molecule is CC(C)(C)OC(=O)N1CC=C(c2ccc([N+](=O)[O-])cc2OCc2ccccc2)CC1. The van der Waals surface area contributed by atoms with E-state index in [1.54, 1.807) is 11.0 Å². The number of nitro groups is 1. The van der Waals surface area contributed by atoms with E-state index in [1.807, 2.05) is 57.2 Å². The van der Waals surface area contributed by atoms with Crippen molar-refractivity contribution in [2.24, 2.45) is 0 Å². The van der Waals surface area contributed by atoms with Gasteiger partial charge in [0.15, 0.2) is 0 Å². The van der Waals surface area contributed by atoms with Crippen molar-refractivity contribution in [3.63, 3.8) is 0 Å². The van der Waals surface area contributed by atoms with Crippen LogP contribution in [0.3, 0.4) is 0 Å². The zero-order chi connectivity index (χ0) is 21.7. The van der Waals surface area contributed by atoms with Gasteiger partial charge in [0.1, 0.15) is 18.0 Å². The maximum Gasteiger partial charge on any atom is 0.410 e. The van der Waals surface area contributed by atoms with Gasteiger partial charge in [-0.15, -0.1) is 0 Å². The Labute approximate surface area is 176 Å². The Hall–Kier alpha value is -3.35. The first-order valence-corrected chi connectivity index (χ1v) is 9.85. The van der Waals surface area contributed by atoms with Crippen LogP contribution in [0, 0.1) is 10.1 Å². The van der Waals surface area contributed by atoms with Crippen LogP contribution in [0.4, 0.5) is 10.5 Å². The van der Waals surface area contributed by atoms with Gasteiger partial charge in [0, 0.05) is 24.7 Å². The van der Waals surface area contributed by atoms with Crippen molar-refractivity contribution in [2.75, 3.05) is 13.1 Å². The van der Waals surface area contributed by atoms with Gasteiger partial charge >= 0.3 is 6.09 Å². The van der Waals surface area contributed by atoms with Crippen LogP contribution >= 0.6 is 0 Å². The molecule has 0 aromatic heterocycles. The minimum Gasteiger partial charge on any atom is -0.488 e. The second-order valence-electron chi connectivity index (χ2n) is 8.12. The van der Waals surface area contributed by atoms with E-state index in [0.29, 0.717) is 31.9 Å². The molecule has 2 aromatic rings. The molecular formula is C23H26N2O5. The summed E-state index contributed by atoms with van der Waals surface area (Å²) in [5, 5.41) is 11.2. The number of hydrogen-bond donors (Lipinski definition) is 0. The number of non-ortho nitro benzene ring substituents is 1. The maximum absolute atomic E-state index is 12.3. The first-order valence-electron chi connectivity index (χ1n) is 9.85. The highest BCUT2D eigenvalue weighted by Crippen LogP contribution is 2.34. The van der Waals surface area contributed by atoms with Gasteiger partial charge in [0.2, 0.25) is 0 Å². The van der Waals surface area contributed by atoms with Gasteiger partial charge in [-0.1, -0.05) is 36.4 Å². The highest BCUT2D eigenvalue weighted by Gasteiger charge is 2.25. The molecule has 7 nitrogen and oxygen atoms in total. The minimum absolute atomic E-state index is 0.0198. The third-order valence-electron chi connectivity index (χ3n) is 4.62. The molecule has 0 unspecified atom stereocenters. The summed E-state index contributed by atoms with van der Waals surface area (Å²) in [5.74, 6) is 0.463. The minimum atomic E-state index is -0.544. The Bertz CT molecular complexity index is 948. The number of rotatable bonds is 5. The molecule has 0 fully saturated rings. The molecule has 0 bridgehead atoms. The van der Waals surface area contributed by atoms with Crippen molar-refractivity contribution in [1.29, 1.82) is 0 Å². The molecule has 0 saturated heterocycles. The Balaban J connectivity index is 1.79. The second kappa shape index (κ2) is 8.98. The molecule has 1 aliphatic rings. The predicted octanol–water partition coefficient (Wildman–Crippen LogP) is 5.20. The van der Waals surface area contributed by atoms with Crippen LogP contribution < -0.4 is 4.74 Å². The van der Waals surface area contributed by atoms with E-state index < -0.39 is 10.5 Å². The summed E-state index contributed by atoms with van der Waals surface area (Å²) < 4.78 is 11.4. The molecule has 0 atom stereocenters. The zero-order valence-corrected chi connectivity index (χ0v) is 17.5. The molecule has 0 N–H and O–H groups in total. The molecule has 1 heterocycles. The van der Waals surface area contributed by atoms with Gasteiger partial charge in [-0.2, -0.15) is 0 Å². The molecule has 0 aliphatic carbocycles. The Morgan fingerprint density at radius 3 is 2.50 bits per heavy atom. The third-order valence-corrected chi connectivity index (χ3v) is 4.62. The third kappa shape index (κ3) is 5.59. The molecule has 1 aliphatic heterocycles. The topological polar surface area (TPSA) is 81.9 Å². The fourth-order valence-electron chi connectivity index (χ4n) is 3.15.